The predicted octanol–water partition coefficient (Wildman–Crippen LogP) is 2.31. The van der Waals surface area contributed by atoms with Crippen LogP contribution in [0.2, 0.25) is 0 Å². The Morgan fingerprint density at radius 3 is 2.73 bits per heavy atom. The molecule has 26 heavy (non-hydrogen) atoms. The summed E-state index contributed by atoms with van der Waals surface area (Å²) < 4.78 is 9.97. The molecule has 3 N–H and O–H groups in total. The van der Waals surface area contributed by atoms with Crippen molar-refractivity contribution < 1.29 is 19.1 Å². The third-order valence-corrected chi connectivity index (χ3v) is 4.08. The van der Waals surface area contributed by atoms with Crippen molar-refractivity contribution in [2.75, 3.05) is 26.2 Å². The minimum atomic E-state index is -0.623. The lowest BCUT2D eigenvalue weighted by atomic mass is 9.98. The van der Waals surface area contributed by atoms with E-state index in [1.807, 2.05) is 30.3 Å². The Labute approximate surface area is 153 Å². The van der Waals surface area contributed by atoms with E-state index in [1.165, 1.54) is 0 Å². The van der Waals surface area contributed by atoms with E-state index >= 15 is 0 Å². The maximum absolute atomic E-state index is 11.8. The van der Waals surface area contributed by atoms with Gasteiger partial charge in [-0.3, -0.25) is 10.7 Å². The highest BCUT2D eigenvalue weighted by molar-refractivity contribution is 5.92. The number of carbonyl (C=O) groups excluding carboxylic acids is 2. The average Bonchev–Trinajstić information content (AvgIpc) is 2.66. The minimum Gasteiger partial charge on any atom is -0.450 e. The normalized spacial score (nSPS) is 16.5. The average molecular weight is 362 g/mol. The summed E-state index contributed by atoms with van der Waals surface area (Å²) in [5.74, 6) is 0.220. The number of nitrogens with zero attached hydrogens (tertiary/aromatic N) is 1. The van der Waals surface area contributed by atoms with Crippen LogP contribution in [0.3, 0.4) is 0 Å². The molecule has 0 aromatic heterocycles. The van der Waals surface area contributed by atoms with E-state index in [0.29, 0.717) is 19.6 Å². The van der Waals surface area contributed by atoms with Crippen molar-refractivity contribution in [2.45, 2.75) is 26.4 Å². The van der Waals surface area contributed by atoms with Gasteiger partial charge in [-0.2, -0.15) is 0 Å². The molecule has 8 heteroatoms. The second-order valence-corrected chi connectivity index (χ2v) is 6.09. The summed E-state index contributed by atoms with van der Waals surface area (Å²) in [5.41, 5.74) is 0.935. The second kappa shape index (κ2) is 10.3. The molecular formula is C18H26N4O4. The highest BCUT2D eigenvalue weighted by Crippen LogP contribution is 2.15. The zero-order valence-electron chi connectivity index (χ0n) is 15.0. The van der Waals surface area contributed by atoms with Gasteiger partial charge < -0.3 is 19.7 Å². The molecular weight excluding hydrogens is 336 g/mol. The number of ether oxygens (including phenoxy) is 2. The smallest absolute Gasteiger partial charge is 0.413 e. The van der Waals surface area contributed by atoms with E-state index in [-0.39, 0.29) is 25.1 Å². The fourth-order valence-electron chi connectivity index (χ4n) is 2.78. The molecule has 2 rings (SSSR count). The Bertz CT molecular complexity index is 608. The van der Waals surface area contributed by atoms with E-state index < -0.39 is 12.2 Å². The van der Waals surface area contributed by atoms with Gasteiger partial charge in [0.25, 0.3) is 0 Å². The highest BCUT2D eigenvalue weighted by atomic mass is 16.6. The first-order valence-electron chi connectivity index (χ1n) is 8.80. The molecule has 1 aliphatic heterocycles. The fourth-order valence-corrected chi connectivity index (χ4v) is 2.78. The molecule has 2 amide bonds. The van der Waals surface area contributed by atoms with Crippen LogP contribution in [0, 0.1) is 11.3 Å². The van der Waals surface area contributed by atoms with Crippen LogP contribution in [0.15, 0.2) is 30.3 Å². The van der Waals surface area contributed by atoms with E-state index in [0.717, 1.165) is 18.4 Å². The number of benzene rings is 1. The Morgan fingerprint density at radius 2 is 2.00 bits per heavy atom. The Kier molecular flexibility index (Phi) is 7.73. The van der Waals surface area contributed by atoms with Gasteiger partial charge in [-0.1, -0.05) is 30.3 Å². The quantitative estimate of drug-likeness (QED) is 0.551. The van der Waals surface area contributed by atoms with Crippen molar-refractivity contribution in [2.24, 2.45) is 5.92 Å². The van der Waals surface area contributed by atoms with Crippen LogP contribution in [0.4, 0.5) is 9.59 Å². The third kappa shape index (κ3) is 6.62. The van der Waals surface area contributed by atoms with Gasteiger partial charge in [0.2, 0.25) is 5.96 Å². The molecule has 0 bridgehead atoms. The predicted molar refractivity (Wildman–Crippen MR) is 96.8 cm³/mol. The van der Waals surface area contributed by atoms with Gasteiger partial charge >= 0.3 is 12.2 Å². The number of piperidine rings is 1. The van der Waals surface area contributed by atoms with Crippen molar-refractivity contribution in [1.82, 2.24) is 15.5 Å². The lowest BCUT2D eigenvalue weighted by Crippen LogP contribution is -2.49. The number of hydrogen-bond donors (Lipinski definition) is 3. The number of nitrogens with one attached hydrogen (secondary N) is 3. The van der Waals surface area contributed by atoms with Crippen molar-refractivity contribution in [3.63, 3.8) is 0 Å². The molecule has 0 aliphatic carbocycles. The first kappa shape index (κ1) is 19.6. The molecule has 8 nitrogen and oxygen atoms in total. The van der Waals surface area contributed by atoms with Gasteiger partial charge in [-0.25, -0.2) is 9.59 Å². The van der Waals surface area contributed by atoms with Crippen LogP contribution in [0.5, 0.6) is 0 Å². The molecule has 0 spiro atoms. The van der Waals surface area contributed by atoms with E-state index in [9.17, 15) is 9.59 Å². The van der Waals surface area contributed by atoms with Crippen molar-refractivity contribution in [3.8, 4) is 0 Å². The van der Waals surface area contributed by atoms with Crippen LogP contribution >= 0.6 is 0 Å². The molecule has 0 radical (unpaired) electrons. The van der Waals surface area contributed by atoms with E-state index in [2.05, 4.69) is 10.6 Å². The molecule has 1 heterocycles. The number of hydrogen-bond acceptors (Lipinski definition) is 5. The van der Waals surface area contributed by atoms with Crippen LogP contribution < -0.4 is 10.6 Å². The van der Waals surface area contributed by atoms with Crippen LogP contribution in [0.1, 0.15) is 25.3 Å². The molecule has 1 fully saturated rings. The summed E-state index contributed by atoms with van der Waals surface area (Å²) in [6, 6.07) is 9.49. The van der Waals surface area contributed by atoms with Gasteiger partial charge in [0, 0.05) is 19.6 Å². The number of likely N-dealkylation sites (tertiary alicyclic amines) is 1. The zero-order chi connectivity index (χ0) is 18.8. The topological polar surface area (TPSA) is 104 Å². The van der Waals surface area contributed by atoms with E-state index in [4.69, 9.17) is 14.9 Å². The molecule has 0 saturated carbocycles. The molecule has 1 aromatic rings. The first-order chi connectivity index (χ1) is 12.6. The SMILES string of the molecule is CCOC(=O)NC(=N)N1CCC[C@@H](CNC(=O)OCc2ccccc2)C1. The van der Waals surface area contributed by atoms with Crippen molar-refractivity contribution >= 4 is 18.1 Å². The fraction of sp³-hybridized carbons (Fsp3) is 0.500. The number of alkyl carbamates (subject to hydrolysis) is 2. The Hall–Kier alpha value is -2.77. The lowest BCUT2D eigenvalue weighted by Gasteiger charge is -2.34. The number of amides is 2. The van der Waals surface area contributed by atoms with Crippen LogP contribution in [-0.2, 0) is 16.1 Å². The maximum atomic E-state index is 11.8. The molecule has 1 aromatic carbocycles. The summed E-state index contributed by atoms with van der Waals surface area (Å²) in [6.45, 7) is 3.96. The number of carbonyl (C=O) groups is 2. The second-order valence-electron chi connectivity index (χ2n) is 6.09. The maximum Gasteiger partial charge on any atom is 0.413 e. The minimum absolute atomic E-state index is 0.0276. The molecule has 1 saturated heterocycles. The molecule has 142 valence electrons. The summed E-state index contributed by atoms with van der Waals surface area (Å²) in [5, 5.41) is 13.1. The molecule has 1 aliphatic rings. The van der Waals surface area contributed by atoms with Gasteiger partial charge in [-0.05, 0) is 31.2 Å². The van der Waals surface area contributed by atoms with Gasteiger partial charge in [-0.15, -0.1) is 0 Å². The van der Waals surface area contributed by atoms with Crippen LogP contribution in [0.25, 0.3) is 0 Å². The Balaban J connectivity index is 1.69. The van der Waals surface area contributed by atoms with Crippen molar-refractivity contribution in [3.05, 3.63) is 35.9 Å². The van der Waals surface area contributed by atoms with Crippen LogP contribution in [-0.4, -0.2) is 49.3 Å². The number of rotatable bonds is 5. The monoisotopic (exact) mass is 362 g/mol. The van der Waals surface area contributed by atoms with Gasteiger partial charge in [0.05, 0.1) is 6.61 Å². The summed E-state index contributed by atoms with van der Waals surface area (Å²) >= 11 is 0. The van der Waals surface area contributed by atoms with Gasteiger partial charge in [0.15, 0.2) is 0 Å². The van der Waals surface area contributed by atoms with Gasteiger partial charge in [0.1, 0.15) is 6.61 Å². The first-order valence-corrected chi connectivity index (χ1v) is 8.80. The summed E-state index contributed by atoms with van der Waals surface area (Å²) in [7, 11) is 0. The third-order valence-electron chi connectivity index (χ3n) is 4.08. The van der Waals surface area contributed by atoms with E-state index in [1.54, 1.807) is 11.8 Å². The Morgan fingerprint density at radius 1 is 1.23 bits per heavy atom. The summed E-state index contributed by atoms with van der Waals surface area (Å²) in [4.78, 5) is 25.0. The standard InChI is InChI=1S/C18H26N4O4/c1-2-25-18(24)21-16(19)22-10-6-9-15(12-22)11-20-17(23)26-13-14-7-4-3-5-8-14/h3-5,7-8,15H,2,6,9-13H2,1H3,(H,20,23)(H2,19,21,24)/t15-/m0/s1. The molecule has 1 atom stereocenters. The zero-order valence-corrected chi connectivity index (χ0v) is 15.0. The lowest BCUT2D eigenvalue weighted by molar-refractivity contribution is 0.135. The number of guanidine groups is 1. The highest BCUT2D eigenvalue weighted by Gasteiger charge is 2.23. The molecule has 0 unspecified atom stereocenters. The van der Waals surface area contributed by atoms with Crippen molar-refractivity contribution in [1.29, 1.82) is 5.41 Å². The largest absolute Gasteiger partial charge is 0.450 e. The summed E-state index contributed by atoms with van der Waals surface area (Å²) in [6.07, 6.45) is 0.758.